The van der Waals surface area contributed by atoms with Gasteiger partial charge in [-0.05, 0) is 45.8 Å². The average molecular weight is 170 g/mol. The lowest BCUT2D eigenvalue weighted by Gasteiger charge is -2.20. The second kappa shape index (κ2) is 4.83. The van der Waals surface area contributed by atoms with E-state index in [1.807, 2.05) is 0 Å². The lowest BCUT2D eigenvalue weighted by Crippen LogP contribution is -2.38. The van der Waals surface area contributed by atoms with Crippen LogP contribution in [0, 0.1) is 5.92 Å². The largest absolute Gasteiger partial charge is 0.312 e. The number of nitrogens with one attached hydrogen (secondary N) is 1. The van der Waals surface area contributed by atoms with Gasteiger partial charge in [0.25, 0.3) is 0 Å². The first-order valence-electron chi connectivity index (χ1n) is 5.10. The molecule has 0 aromatic carbocycles. The molecule has 12 heavy (non-hydrogen) atoms. The molecule has 0 amide bonds. The van der Waals surface area contributed by atoms with Crippen molar-refractivity contribution in [1.82, 2.24) is 10.2 Å². The zero-order valence-electron chi connectivity index (χ0n) is 8.64. The number of rotatable bonds is 6. The molecule has 1 fully saturated rings. The van der Waals surface area contributed by atoms with Gasteiger partial charge in [-0.3, -0.25) is 0 Å². The SMILES string of the molecule is CCC(CN(C)C)NCC1CC1. The van der Waals surface area contributed by atoms with E-state index in [4.69, 9.17) is 0 Å². The van der Waals surface area contributed by atoms with Gasteiger partial charge in [-0.25, -0.2) is 0 Å². The fraction of sp³-hybridized carbons (Fsp3) is 1.00. The highest BCUT2D eigenvalue weighted by molar-refractivity contribution is 4.78. The minimum Gasteiger partial charge on any atom is -0.312 e. The summed E-state index contributed by atoms with van der Waals surface area (Å²) < 4.78 is 0. The Bertz CT molecular complexity index is 119. The highest BCUT2D eigenvalue weighted by atomic mass is 15.1. The molecule has 2 heteroatoms. The third-order valence-corrected chi connectivity index (χ3v) is 2.47. The maximum absolute atomic E-state index is 3.62. The highest BCUT2D eigenvalue weighted by Crippen LogP contribution is 2.27. The first kappa shape index (κ1) is 10.0. The fourth-order valence-electron chi connectivity index (χ4n) is 1.43. The maximum atomic E-state index is 3.62. The highest BCUT2D eigenvalue weighted by Gasteiger charge is 2.21. The summed E-state index contributed by atoms with van der Waals surface area (Å²) in [5, 5.41) is 3.62. The zero-order chi connectivity index (χ0) is 8.97. The molecule has 0 bridgehead atoms. The van der Waals surface area contributed by atoms with Gasteiger partial charge in [-0.15, -0.1) is 0 Å². The topological polar surface area (TPSA) is 15.3 Å². The molecule has 1 unspecified atom stereocenters. The zero-order valence-corrected chi connectivity index (χ0v) is 8.64. The first-order valence-corrected chi connectivity index (χ1v) is 5.10. The molecular weight excluding hydrogens is 148 g/mol. The number of hydrogen-bond acceptors (Lipinski definition) is 2. The standard InChI is InChI=1S/C10H22N2/c1-4-10(8-12(2)3)11-7-9-5-6-9/h9-11H,4-8H2,1-3H3. The Hall–Kier alpha value is -0.0800. The predicted molar refractivity (Wildman–Crippen MR) is 53.4 cm³/mol. The van der Waals surface area contributed by atoms with E-state index in [9.17, 15) is 0 Å². The monoisotopic (exact) mass is 170 g/mol. The average Bonchev–Trinajstić information content (AvgIpc) is 2.80. The van der Waals surface area contributed by atoms with Crippen LogP contribution in [-0.4, -0.2) is 38.1 Å². The summed E-state index contributed by atoms with van der Waals surface area (Å²) in [5.74, 6) is 1.00. The Morgan fingerprint density at radius 2 is 2.08 bits per heavy atom. The van der Waals surface area contributed by atoms with Gasteiger partial charge in [-0.2, -0.15) is 0 Å². The maximum Gasteiger partial charge on any atom is 0.0192 e. The molecule has 1 aliphatic carbocycles. The second-order valence-corrected chi connectivity index (χ2v) is 4.22. The van der Waals surface area contributed by atoms with Crippen molar-refractivity contribution >= 4 is 0 Å². The summed E-state index contributed by atoms with van der Waals surface area (Å²) in [7, 11) is 4.28. The van der Waals surface area contributed by atoms with E-state index in [0.29, 0.717) is 6.04 Å². The molecule has 1 aliphatic rings. The minimum atomic E-state index is 0.695. The molecule has 0 radical (unpaired) electrons. The van der Waals surface area contributed by atoms with Crippen molar-refractivity contribution in [2.75, 3.05) is 27.2 Å². The Morgan fingerprint density at radius 1 is 1.42 bits per heavy atom. The van der Waals surface area contributed by atoms with Crippen molar-refractivity contribution in [3.63, 3.8) is 0 Å². The molecular formula is C10H22N2. The summed E-state index contributed by atoms with van der Waals surface area (Å²) >= 11 is 0. The number of hydrogen-bond donors (Lipinski definition) is 1. The van der Waals surface area contributed by atoms with Gasteiger partial charge in [0.1, 0.15) is 0 Å². The summed E-state index contributed by atoms with van der Waals surface area (Å²) in [5.41, 5.74) is 0. The van der Waals surface area contributed by atoms with Gasteiger partial charge in [0.05, 0.1) is 0 Å². The van der Waals surface area contributed by atoms with Crippen molar-refractivity contribution < 1.29 is 0 Å². The van der Waals surface area contributed by atoms with E-state index in [2.05, 4.69) is 31.2 Å². The molecule has 0 heterocycles. The molecule has 1 rings (SSSR count). The lowest BCUT2D eigenvalue weighted by molar-refractivity contribution is 0.329. The van der Waals surface area contributed by atoms with Crippen LogP contribution in [0.25, 0.3) is 0 Å². The van der Waals surface area contributed by atoms with Crippen LogP contribution in [0.4, 0.5) is 0 Å². The van der Waals surface area contributed by atoms with Crippen molar-refractivity contribution in [1.29, 1.82) is 0 Å². The Labute approximate surface area is 76.3 Å². The summed E-state index contributed by atoms with van der Waals surface area (Å²) in [6.07, 6.45) is 4.14. The van der Waals surface area contributed by atoms with Gasteiger partial charge in [-0.1, -0.05) is 6.92 Å². The van der Waals surface area contributed by atoms with E-state index >= 15 is 0 Å². The van der Waals surface area contributed by atoms with Crippen LogP contribution in [0.2, 0.25) is 0 Å². The molecule has 0 aromatic heterocycles. The molecule has 1 atom stereocenters. The molecule has 0 spiro atoms. The minimum absolute atomic E-state index is 0.695. The summed E-state index contributed by atoms with van der Waals surface area (Å²) in [6.45, 7) is 4.67. The summed E-state index contributed by atoms with van der Waals surface area (Å²) in [4.78, 5) is 2.26. The number of nitrogens with zero attached hydrogens (tertiary/aromatic N) is 1. The van der Waals surface area contributed by atoms with E-state index in [0.717, 1.165) is 5.92 Å². The summed E-state index contributed by atoms with van der Waals surface area (Å²) in [6, 6.07) is 0.695. The van der Waals surface area contributed by atoms with Crippen molar-refractivity contribution in [2.24, 2.45) is 5.92 Å². The smallest absolute Gasteiger partial charge is 0.0192 e. The van der Waals surface area contributed by atoms with Crippen molar-refractivity contribution in [2.45, 2.75) is 32.2 Å². The Kier molecular flexibility index (Phi) is 4.02. The van der Waals surface area contributed by atoms with Crippen LogP contribution >= 0.6 is 0 Å². The molecule has 0 aromatic rings. The van der Waals surface area contributed by atoms with Gasteiger partial charge >= 0.3 is 0 Å². The molecule has 0 aliphatic heterocycles. The quantitative estimate of drug-likeness (QED) is 0.647. The Balaban J connectivity index is 2.06. The normalized spacial score (nSPS) is 20.0. The third kappa shape index (κ3) is 4.07. The number of likely N-dealkylation sites (N-methyl/N-ethyl adjacent to an activating group) is 1. The van der Waals surface area contributed by atoms with Gasteiger partial charge < -0.3 is 10.2 Å². The van der Waals surface area contributed by atoms with Crippen molar-refractivity contribution in [3.8, 4) is 0 Å². The van der Waals surface area contributed by atoms with Crippen LogP contribution < -0.4 is 5.32 Å². The van der Waals surface area contributed by atoms with E-state index in [1.54, 1.807) is 0 Å². The Morgan fingerprint density at radius 3 is 2.50 bits per heavy atom. The molecule has 0 saturated heterocycles. The lowest BCUT2D eigenvalue weighted by atomic mass is 10.2. The first-order chi connectivity index (χ1) is 5.72. The van der Waals surface area contributed by atoms with E-state index in [-0.39, 0.29) is 0 Å². The van der Waals surface area contributed by atoms with Crippen LogP contribution in [0.5, 0.6) is 0 Å². The third-order valence-electron chi connectivity index (χ3n) is 2.47. The van der Waals surface area contributed by atoms with Gasteiger partial charge in [0, 0.05) is 12.6 Å². The predicted octanol–water partition coefficient (Wildman–Crippen LogP) is 1.33. The van der Waals surface area contributed by atoms with Crippen LogP contribution in [0.15, 0.2) is 0 Å². The van der Waals surface area contributed by atoms with Crippen LogP contribution in [-0.2, 0) is 0 Å². The van der Waals surface area contributed by atoms with Crippen LogP contribution in [0.3, 0.4) is 0 Å². The van der Waals surface area contributed by atoms with E-state index < -0.39 is 0 Å². The second-order valence-electron chi connectivity index (χ2n) is 4.22. The fourth-order valence-corrected chi connectivity index (χ4v) is 1.43. The van der Waals surface area contributed by atoms with Gasteiger partial charge in [0.15, 0.2) is 0 Å². The van der Waals surface area contributed by atoms with Crippen LogP contribution in [0.1, 0.15) is 26.2 Å². The molecule has 2 nitrogen and oxygen atoms in total. The van der Waals surface area contributed by atoms with E-state index in [1.165, 1.54) is 32.4 Å². The van der Waals surface area contributed by atoms with Crippen molar-refractivity contribution in [3.05, 3.63) is 0 Å². The molecule has 1 N–H and O–H groups in total. The molecule has 1 saturated carbocycles. The van der Waals surface area contributed by atoms with Gasteiger partial charge in [0.2, 0.25) is 0 Å². The molecule has 72 valence electrons.